The van der Waals surface area contributed by atoms with Crippen LogP contribution in [0.4, 0.5) is 5.69 Å². The normalized spacial score (nSPS) is 11.1. The maximum absolute atomic E-state index is 12.3. The summed E-state index contributed by atoms with van der Waals surface area (Å²) in [6.45, 7) is 0.993. The number of nitrogens with one attached hydrogen (secondary N) is 1. The standard InChI is InChI=1S/C16H15BrN4OS/c1-21(9-11-5-2-3-6-12(11)17)10-15(22)18-13-7-4-8-14-16(13)20-23-19-14/h2-8H,9-10H2,1H3,(H,18,22). The van der Waals surface area contributed by atoms with E-state index in [4.69, 9.17) is 0 Å². The molecule has 0 atom stereocenters. The number of amides is 1. The quantitative estimate of drug-likeness (QED) is 0.723. The first-order chi connectivity index (χ1) is 11.1. The Bertz CT molecular complexity index is 836. The molecule has 0 fully saturated rings. The minimum absolute atomic E-state index is 0.0694. The van der Waals surface area contributed by atoms with Gasteiger partial charge in [0, 0.05) is 11.0 Å². The highest BCUT2D eigenvalue weighted by molar-refractivity contribution is 9.10. The van der Waals surface area contributed by atoms with Crippen molar-refractivity contribution in [1.29, 1.82) is 0 Å². The summed E-state index contributed by atoms with van der Waals surface area (Å²) >= 11 is 4.67. The van der Waals surface area contributed by atoms with Crippen molar-refractivity contribution in [3.63, 3.8) is 0 Å². The summed E-state index contributed by atoms with van der Waals surface area (Å²) < 4.78 is 9.45. The van der Waals surface area contributed by atoms with Gasteiger partial charge in [-0.1, -0.05) is 40.2 Å². The van der Waals surface area contributed by atoms with E-state index in [0.29, 0.717) is 18.8 Å². The van der Waals surface area contributed by atoms with Crippen LogP contribution >= 0.6 is 27.7 Å². The Morgan fingerprint density at radius 2 is 2.04 bits per heavy atom. The maximum atomic E-state index is 12.3. The fraction of sp³-hybridized carbons (Fsp3) is 0.188. The van der Waals surface area contributed by atoms with Gasteiger partial charge in [0.15, 0.2) is 0 Å². The van der Waals surface area contributed by atoms with Gasteiger partial charge < -0.3 is 5.32 Å². The van der Waals surface area contributed by atoms with Gasteiger partial charge in [0.05, 0.1) is 24.0 Å². The number of likely N-dealkylation sites (N-methyl/N-ethyl adjacent to an activating group) is 1. The largest absolute Gasteiger partial charge is 0.323 e. The second-order valence-corrected chi connectivity index (χ2v) is 6.63. The van der Waals surface area contributed by atoms with Crippen molar-refractivity contribution < 1.29 is 4.79 Å². The number of rotatable bonds is 5. The molecule has 2 aromatic carbocycles. The summed E-state index contributed by atoms with van der Waals surface area (Å²) in [6, 6.07) is 13.6. The van der Waals surface area contributed by atoms with E-state index in [9.17, 15) is 4.79 Å². The van der Waals surface area contributed by atoms with Gasteiger partial charge in [0.1, 0.15) is 11.0 Å². The first-order valence-electron chi connectivity index (χ1n) is 7.06. The zero-order valence-electron chi connectivity index (χ0n) is 12.5. The number of aromatic nitrogens is 2. The van der Waals surface area contributed by atoms with Gasteiger partial charge in [-0.05, 0) is 30.8 Å². The molecule has 0 spiro atoms. The molecule has 1 N–H and O–H groups in total. The molecule has 1 aromatic heterocycles. The van der Waals surface area contributed by atoms with E-state index < -0.39 is 0 Å². The molecule has 23 heavy (non-hydrogen) atoms. The molecule has 3 rings (SSSR count). The summed E-state index contributed by atoms with van der Waals surface area (Å²) in [4.78, 5) is 14.2. The van der Waals surface area contributed by atoms with Crippen molar-refractivity contribution in [1.82, 2.24) is 13.6 Å². The Morgan fingerprint density at radius 1 is 1.22 bits per heavy atom. The predicted octanol–water partition coefficient (Wildman–Crippen LogP) is 3.52. The molecule has 0 saturated carbocycles. The van der Waals surface area contributed by atoms with Gasteiger partial charge in [-0.3, -0.25) is 9.69 Å². The molecule has 5 nitrogen and oxygen atoms in total. The van der Waals surface area contributed by atoms with Crippen molar-refractivity contribution in [2.75, 3.05) is 18.9 Å². The third-order valence-electron chi connectivity index (χ3n) is 3.37. The molecular formula is C16H15BrN4OS. The van der Waals surface area contributed by atoms with Crippen LogP contribution in [0.25, 0.3) is 11.0 Å². The predicted molar refractivity (Wildman–Crippen MR) is 96.5 cm³/mol. The van der Waals surface area contributed by atoms with Gasteiger partial charge in [0.25, 0.3) is 0 Å². The number of fused-ring (bicyclic) bond motifs is 1. The Labute approximate surface area is 146 Å². The van der Waals surface area contributed by atoms with Gasteiger partial charge >= 0.3 is 0 Å². The lowest BCUT2D eigenvalue weighted by atomic mass is 10.2. The van der Waals surface area contributed by atoms with E-state index in [-0.39, 0.29) is 5.91 Å². The summed E-state index contributed by atoms with van der Waals surface area (Å²) in [6.07, 6.45) is 0. The molecule has 1 amide bonds. The number of benzene rings is 2. The lowest BCUT2D eigenvalue weighted by molar-refractivity contribution is -0.117. The number of nitrogens with zero attached hydrogens (tertiary/aromatic N) is 3. The van der Waals surface area contributed by atoms with Gasteiger partial charge in [0.2, 0.25) is 5.91 Å². The Hall–Kier alpha value is -1.83. The van der Waals surface area contributed by atoms with Crippen LogP contribution in [-0.4, -0.2) is 33.1 Å². The van der Waals surface area contributed by atoms with Crippen LogP contribution in [0.1, 0.15) is 5.56 Å². The molecule has 3 aromatic rings. The third kappa shape index (κ3) is 3.93. The Morgan fingerprint density at radius 3 is 2.87 bits per heavy atom. The van der Waals surface area contributed by atoms with Crippen LogP contribution in [-0.2, 0) is 11.3 Å². The number of anilines is 1. The highest BCUT2D eigenvalue weighted by atomic mass is 79.9. The van der Waals surface area contributed by atoms with Crippen LogP contribution < -0.4 is 5.32 Å². The fourth-order valence-corrected chi connectivity index (χ4v) is 3.28. The number of halogens is 1. The van der Waals surface area contributed by atoms with E-state index in [0.717, 1.165) is 32.8 Å². The van der Waals surface area contributed by atoms with E-state index in [1.54, 1.807) is 0 Å². The topological polar surface area (TPSA) is 58.1 Å². The highest BCUT2D eigenvalue weighted by Crippen LogP contribution is 2.21. The molecule has 118 valence electrons. The second kappa shape index (κ2) is 7.16. The van der Waals surface area contributed by atoms with Crippen molar-refractivity contribution in [2.24, 2.45) is 0 Å². The fourth-order valence-electron chi connectivity index (χ4n) is 2.32. The number of carbonyl (C=O) groups is 1. The molecule has 0 aliphatic carbocycles. The van der Waals surface area contributed by atoms with Gasteiger partial charge in [-0.15, -0.1) is 0 Å². The zero-order chi connectivity index (χ0) is 16.2. The highest BCUT2D eigenvalue weighted by Gasteiger charge is 2.11. The molecule has 0 radical (unpaired) electrons. The van der Waals surface area contributed by atoms with E-state index >= 15 is 0 Å². The van der Waals surface area contributed by atoms with Crippen LogP contribution in [0.5, 0.6) is 0 Å². The van der Waals surface area contributed by atoms with Crippen molar-refractivity contribution >= 4 is 50.3 Å². The van der Waals surface area contributed by atoms with E-state index in [1.165, 1.54) is 0 Å². The lowest BCUT2D eigenvalue weighted by Gasteiger charge is -2.17. The van der Waals surface area contributed by atoms with Gasteiger partial charge in [-0.25, -0.2) is 0 Å². The van der Waals surface area contributed by atoms with Crippen LogP contribution in [0.2, 0.25) is 0 Å². The monoisotopic (exact) mass is 390 g/mol. The van der Waals surface area contributed by atoms with E-state index in [1.807, 2.05) is 54.4 Å². The van der Waals surface area contributed by atoms with Crippen molar-refractivity contribution in [3.8, 4) is 0 Å². The van der Waals surface area contributed by atoms with Crippen LogP contribution in [0, 0.1) is 0 Å². The SMILES string of the molecule is CN(CC(=O)Nc1cccc2nsnc12)Cc1ccccc1Br. The Kier molecular flexibility index (Phi) is 5.00. The first-order valence-corrected chi connectivity index (χ1v) is 8.59. The molecule has 0 bridgehead atoms. The first kappa shape index (κ1) is 16.0. The molecule has 0 aliphatic heterocycles. The molecular weight excluding hydrogens is 376 g/mol. The minimum atomic E-state index is -0.0694. The summed E-state index contributed by atoms with van der Waals surface area (Å²) in [5.41, 5.74) is 3.39. The second-order valence-electron chi connectivity index (χ2n) is 5.25. The van der Waals surface area contributed by atoms with E-state index in [2.05, 4.69) is 30.0 Å². The zero-order valence-corrected chi connectivity index (χ0v) is 14.9. The third-order valence-corrected chi connectivity index (χ3v) is 4.69. The summed E-state index contributed by atoms with van der Waals surface area (Å²) in [5, 5.41) is 2.91. The van der Waals surface area contributed by atoms with Crippen molar-refractivity contribution in [3.05, 3.63) is 52.5 Å². The lowest BCUT2D eigenvalue weighted by Crippen LogP contribution is -2.30. The number of hydrogen-bond acceptors (Lipinski definition) is 5. The van der Waals surface area contributed by atoms with Gasteiger partial charge in [-0.2, -0.15) is 8.75 Å². The Balaban J connectivity index is 1.63. The average molecular weight is 391 g/mol. The molecule has 0 unspecified atom stereocenters. The summed E-state index contributed by atoms with van der Waals surface area (Å²) in [7, 11) is 1.92. The number of hydrogen-bond donors (Lipinski definition) is 1. The average Bonchev–Trinajstić information content (AvgIpc) is 2.99. The summed E-state index contributed by atoms with van der Waals surface area (Å²) in [5.74, 6) is -0.0694. The molecule has 1 heterocycles. The smallest absolute Gasteiger partial charge is 0.238 e. The van der Waals surface area contributed by atoms with Crippen molar-refractivity contribution in [2.45, 2.75) is 6.54 Å². The minimum Gasteiger partial charge on any atom is -0.323 e. The molecule has 0 aliphatic rings. The van der Waals surface area contributed by atoms with Crippen LogP contribution in [0.15, 0.2) is 46.9 Å². The maximum Gasteiger partial charge on any atom is 0.238 e. The molecule has 0 saturated heterocycles. The van der Waals surface area contributed by atoms with Crippen LogP contribution in [0.3, 0.4) is 0 Å². The number of carbonyl (C=O) groups excluding carboxylic acids is 1. The molecule has 7 heteroatoms.